The van der Waals surface area contributed by atoms with E-state index in [1.807, 2.05) is 30.3 Å². The van der Waals surface area contributed by atoms with E-state index in [0.29, 0.717) is 16.7 Å². The maximum atomic E-state index is 13.8. The van der Waals surface area contributed by atoms with Gasteiger partial charge in [-0.1, -0.05) is 70.8 Å². The van der Waals surface area contributed by atoms with Crippen molar-refractivity contribution in [2.45, 2.75) is 33.9 Å². The van der Waals surface area contributed by atoms with Crippen molar-refractivity contribution < 1.29 is 13.2 Å². The molecular weight excluding hydrogens is 702 g/mol. The van der Waals surface area contributed by atoms with Crippen LogP contribution in [-0.4, -0.2) is 9.13 Å². The first kappa shape index (κ1) is 34.7. The summed E-state index contributed by atoms with van der Waals surface area (Å²) in [6.45, 7) is 16.2. The fraction of sp³-hybridized carbons (Fsp3) is 0.102. The molecule has 0 aliphatic carbocycles. The second kappa shape index (κ2) is 12.8. The van der Waals surface area contributed by atoms with Crippen molar-refractivity contribution in [3.63, 3.8) is 0 Å². The standard InChI is InChI=1S/C49H33F3N4/c1-28-6-15-43-37(20-28)38-21-29(2)7-16-44(38)55(43)47-19-11-33(35-14-12-34(49(50,51)52)26-42(35)54-5)25-41(47)36-13-10-32(27-53)24-48(36)56-45-17-8-30(3)22-39(45)40-23-31(4)9-18-46(40)56/h6-26H,1-4H3. The molecule has 9 aromatic rings. The highest BCUT2D eigenvalue weighted by Gasteiger charge is 2.31. The summed E-state index contributed by atoms with van der Waals surface area (Å²) in [4.78, 5) is 3.56. The van der Waals surface area contributed by atoms with Crippen LogP contribution < -0.4 is 0 Å². The van der Waals surface area contributed by atoms with E-state index in [1.165, 1.54) is 6.07 Å². The number of nitriles is 1. The fourth-order valence-corrected chi connectivity index (χ4v) is 8.19. The molecule has 0 saturated heterocycles. The van der Waals surface area contributed by atoms with Gasteiger partial charge in [-0.05, 0) is 118 Å². The van der Waals surface area contributed by atoms with Gasteiger partial charge in [0.1, 0.15) is 0 Å². The first-order chi connectivity index (χ1) is 26.9. The van der Waals surface area contributed by atoms with Gasteiger partial charge in [0.2, 0.25) is 0 Å². The van der Waals surface area contributed by atoms with E-state index >= 15 is 0 Å². The Hall–Kier alpha value is -7.09. The average molecular weight is 735 g/mol. The Balaban J connectivity index is 1.42. The molecule has 270 valence electrons. The van der Waals surface area contributed by atoms with Gasteiger partial charge in [-0.3, -0.25) is 0 Å². The molecule has 4 nitrogen and oxygen atoms in total. The molecule has 0 saturated carbocycles. The molecule has 0 N–H and O–H groups in total. The van der Waals surface area contributed by atoms with Crippen molar-refractivity contribution in [3.05, 3.63) is 172 Å². The summed E-state index contributed by atoms with van der Waals surface area (Å²) >= 11 is 0. The van der Waals surface area contributed by atoms with Crippen molar-refractivity contribution in [1.82, 2.24) is 9.13 Å². The molecule has 0 spiro atoms. The number of hydrogen-bond acceptors (Lipinski definition) is 1. The minimum absolute atomic E-state index is 0.0884. The SMILES string of the molecule is [C-]#[N+]c1cc(C(F)(F)F)ccc1-c1ccc(-n2c3ccc(C)cc3c3cc(C)ccc32)c(-c2ccc(C#N)cc2-n2c3ccc(C)cc3c3cc(C)ccc32)c1. The minimum Gasteiger partial charge on any atom is -0.309 e. The van der Waals surface area contributed by atoms with E-state index in [4.69, 9.17) is 6.57 Å². The maximum Gasteiger partial charge on any atom is 0.415 e. The molecule has 0 aliphatic rings. The lowest BCUT2D eigenvalue weighted by Gasteiger charge is -2.20. The van der Waals surface area contributed by atoms with Crippen LogP contribution in [-0.2, 0) is 6.18 Å². The Bertz CT molecular complexity index is 3080. The van der Waals surface area contributed by atoms with Crippen LogP contribution in [0, 0.1) is 45.6 Å². The molecule has 7 heteroatoms. The summed E-state index contributed by atoms with van der Waals surface area (Å²) in [5.41, 5.74) is 12.2. The monoisotopic (exact) mass is 734 g/mol. The molecule has 0 unspecified atom stereocenters. The predicted molar refractivity (Wildman–Crippen MR) is 221 cm³/mol. The van der Waals surface area contributed by atoms with Gasteiger partial charge in [0, 0.05) is 38.2 Å². The quantitative estimate of drug-likeness (QED) is 0.166. The number of halogens is 3. The molecular formula is C49H33F3N4. The molecule has 56 heavy (non-hydrogen) atoms. The summed E-state index contributed by atoms with van der Waals surface area (Å²) in [5.74, 6) is 0. The number of nitrogens with zero attached hydrogens (tertiary/aromatic N) is 4. The molecule has 0 fully saturated rings. The van der Waals surface area contributed by atoms with Crippen molar-refractivity contribution in [1.29, 1.82) is 5.26 Å². The number of alkyl halides is 3. The van der Waals surface area contributed by atoms with Crippen LogP contribution in [0.4, 0.5) is 18.9 Å². The van der Waals surface area contributed by atoms with E-state index in [0.717, 1.165) is 100 Å². The third-order valence-electron chi connectivity index (χ3n) is 10.8. The molecule has 0 aliphatic heterocycles. The number of aryl methyl sites for hydroxylation is 4. The van der Waals surface area contributed by atoms with Crippen LogP contribution in [0.3, 0.4) is 0 Å². The maximum absolute atomic E-state index is 13.8. The topological polar surface area (TPSA) is 38.0 Å². The van der Waals surface area contributed by atoms with Crippen molar-refractivity contribution in [2.24, 2.45) is 0 Å². The molecule has 0 atom stereocenters. The Morgan fingerprint density at radius 3 is 1.46 bits per heavy atom. The zero-order chi connectivity index (χ0) is 39.0. The minimum atomic E-state index is -4.59. The van der Waals surface area contributed by atoms with Crippen molar-refractivity contribution in [3.8, 4) is 39.7 Å². The normalized spacial score (nSPS) is 11.8. The molecule has 0 amide bonds. The number of hydrogen-bond donors (Lipinski definition) is 0. The van der Waals surface area contributed by atoms with Crippen LogP contribution in [0.25, 0.3) is 82.1 Å². The van der Waals surface area contributed by atoms with E-state index < -0.39 is 11.7 Å². The first-order valence-electron chi connectivity index (χ1n) is 18.2. The first-order valence-corrected chi connectivity index (χ1v) is 18.2. The Labute approximate surface area is 321 Å². The third kappa shape index (κ3) is 5.51. The molecule has 9 rings (SSSR count). The largest absolute Gasteiger partial charge is 0.415 e. The average Bonchev–Trinajstić information content (AvgIpc) is 3.67. The van der Waals surface area contributed by atoms with Gasteiger partial charge in [0.15, 0.2) is 5.69 Å². The number of aromatic nitrogens is 2. The summed E-state index contributed by atoms with van der Waals surface area (Å²) in [6, 6.07) is 42.8. The van der Waals surface area contributed by atoms with E-state index in [1.54, 1.807) is 6.07 Å². The van der Waals surface area contributed by atoms with Gasteiger partial charge in [0.25, 0.3) is 0 Å². The second-order valence-electron chi connectivity index (χ2n) is 14.7. The lowest BCUT2D eigenvalue weighted by Crippen LogP contribution is -2.04. The number of benzene rings is 7. The van der Waals surface area contributed by atoms with Crippen LogP contribution in [0.15, 0.2) is 127 Å². The van der Waals surface area contributed by atoms with Gasteiger partial charge >= 0.3 is 6.18 Å². The smallest absolute Gasteiger partial charge is 0.309 e. The van der Waals surface area contributed by atoms with Gasteiger partial charge in [-0.15, -0.1) is 0 Å². The Morgan fingerprint density at radius 2 is 1.00 bits per heavy atom. The van der Waals surface area contributed by atoms with Crippen LogP contribution in [0.5, 0.6) is 0 Å². The third-order valence-corrected chi connectivity index (χ3v) is 10.8. The summed E-state index contributed by atoms with van der Waals surface area (Å²) in [7, 11) is 0. The number of fused-ring (bicyclic) bond motifs is 6. The van der Waals surface area contributed by atoms with E-state index in [-0.39, 0.29) is 5.69 Å². The van der Waals surface area contributed by atoms with Gasteiger partial charge in [-0.2, -0.15) is 18.4 Å². The lowest BCUT2D eigenvalue weighted by molar-refractivity contribution is -0.137. The Kier molecular flexibility index (Phi) is 7.90. The lowest BCUT2D eigenvalue weighted by atomic mass is 9.93. The molecule has 2 aromatic heterocycles. The fourth-order valence-electron chi connectivity index (χ4n) is 8.19. The Morgan fingerprint density at radius 1 is 0.518 bits per heavy atom. The van der Waals surface area contributed by atoms with Crippen LogP contribution in [0.1, 0.15) is 33.4 Å². The van der Waals surface area contributed by atoms with Crippen LogP contribution >= 0.6 is 0 Å². The van der Waals surface area contributed by atoms with Gasteiger partial charge in [0.05, 0.1) is 51.6 Å². The zero-order valence-corrected chi connectivity index (χ0v) is 31.0. The highest BCUT2D eigenvalue weighted by atomic mass is 19.4. The molecule has 0 radical (unpaired) electrons. The summed E-state index contributed by atoms with van der Waals surface area (Å²) in [6.07, 6.45) is -4.59. The summed E-state index contributed by atoms with van der Waals surface area (Å²) in [5, 5.41) is 14.6. The van der Waals surface area contributed by atoms with Crippen LogP contribution in [0.2, 0.25) is 0 Å². The second-order valence-corrected chi connectivity index (χ2v) is 14.7. The predicted octanol–water partition coefficient (Wildman–Crippen LogP) is 13.9. The summed E-state index contributed by atoms with van der Waals surface area (Å²) < 4.78 is 45.9. The zero-order valence-electron chi connectivity index (χ0n) is 31.0. The van der Waals surface area contributed by atoms with E-state index in [9.17, 15) is 18.4 Å². The highest BCUT2D eigenvalue weighted by molar-refractivity contribution is 6.12. The van der Waals surface area contributed by atoms with Gasteiger partial charge in [-0.25, -0.2) is 4.85 Å². The molecule has 0 bridgehead atoms. The highest BCUT2D eigenvalue weighted by Crippen LogP contribution is 2.45. The number of rotatable bonds is 4. The van der Waals surface area contributed by atoms with Crippen molar-refractivity contribution >= 4 is 49.3 Å². The van der Waals surface area contributed by atoms with Gasteiger partial charge < -0.3 is 9.13 Å². The molecule has 2 heterocycles. The molecule has 7 aromatic carbocycles. The van der Waals surface area contributed by atoms with E-state index in [2.05, 4.69) is 121 Å². The van der Waals surface area contributed by atoms with Crippen molar-refractivity contribution in [2.75, 3.05) is 0 Å².